The molecule has 0 bridgehead atoms. The summed E-state index contributed by atoms with van der Waals surface area (Å²) in [7, 11) is 0. The second kappa shape index (κ2) is 7.37. The zero-order valence-corrected chi connectivity index (χ0v) is 13.8. The molecular formula is C19H18F3NO3. The lowest BCUT2D eigenvalue weighted by atomic mass is 9.82. The van der Waals surface area contributed by atoms with Gasteiger partial charge in [0.05, 0.1) is 12.1 Å². The first kappa shape index (κ1) is 18.3. The third kappa shape index (κ3) is 3.39. The molecule has 138 valence electrons. The third-order valence-corrected chi connectivity index (χ3v) is 4.81. The highest BCUT2D eigenvalue weighted by molar-refractivity contribution is 5.66. The van der Waals surface area contributed by atoms with Crippen molar-refractivity contribution in [3.05, 3.63) is 71.0 Å². The van der Waals surface area contributed by atoms with Gasteiger partial charge >= 0.3 is 6.09 Å². The zero-order chi connectivity index (χ0) is 18.8. The molecule has 1 aliphatic rings. The molecule has 1 fully saturated rings. The van der Waals surface area contributed by atoms with Crippen LogP contribution in [0, 0.1) is 17.5 Å². The van der Waals surface area contributed by atoms with E-state index in [0.717, 1.165) is 17.0 Å². The van der Waals surface area contributed by atoms with E-state index in [2.05, 4.69) is 0 Å². The summed E-state index contributed by atoms with van der Waals surface area (Å²) in [5, 5.41) is 20.2. The Morgan fingerprint density at radius 2 is 1.88 bits per heavy atom. The zero-order valence-electron chi connectivity index (χ0n) is 13.8. The van der Waals surface area contributed by atoms with Crippen molar-refractivity contribution in [2.75, 3.05) is 6.54 Å². The lowest BCUT2D eigenvalue weighted by Gasteiger charge is -2.32. The second-order valence-electron chi connectivity index (χ2n) is 6.35. The topological polar surface area (TPSA) is 60.8 Å². The van der Waals surface area contributed by atoms with Gasteiger partial charge < -0.3 is 15.1 Å². The van der Waals surface area contributed by atoms with Crippen LogP contribution in [0.1, 0.15) is 29.9 Å². The first-order valence-corrected chi connectivity index (χ1v) is 8.27. The Labute approximate surface area is 148 Å². The molecule has 4 nitrogen and oxygen atoms in total. The Balaban J connectivity index is 2.09. The number of nitrogens with zero attached hydrogens (tertiary/aromatic N) is 1. The summed E-state index contributed by atoms with van der Waals surface area (Å²) < 4.78 is 41.9. The Bertz CT molecular complexity index is 814. The van der Waals surface area contributed by atoms with Crippen LogP contribution >= 0.6 is 0 Å². The van der Waals surface area contributed by atoms with Crippen LogP contribution in [0.4, 0.5) is 18.0 Å². The summed E-state index contributed by atoms with van der Waals surface area (Å²) in [5.41, 5.74) is 0.111. The highest BCUT2D eigenvalue weighted by Gasteiger charge is 2.40. The van der Waals surface area contributed by atoms with Crippen molar-refractivity contribution in [2.24, 2.45) is 0 Å². The van der Waals surface area contributed by atoms with E-state index < -0.39 is 41.6 Å². The number of hydrogen-bond acceptors (Lipinski definition) is 2. The minimum Gasteiger partial charge on any atom is -0.465 e. The number of carbonyl (C=O) groups is 1. The van der Waals surface area contributed by atoms with Gasteiger partial charge in [0.1, 0.15) is 5.82 Å². The SMILES string of the molecule is O=C(O)N1CCC[C@@H]1[C@H](O)[C@H](c1cccc(F)c1)c1cccc(F)c1F. The van der Waals surface area contributed by atoms with Crippen LogP contribution in [0.2, 0.25) is 0 Å². The summed E-state index contributed by atoms with van der Waals surface area (Å²) in [4.78, 5) is 12.5. The van der Waals surface area contributed by atoms with Crippen LogP contribution in [0.3, 0.4) is 0 Å². The number of likely N-dealkylation sites (tertiary alicyclic amines) is 1. The van der Waals surface area contributed by atoms with Crippen LogP contribution < -0.4 is 0 Å². The van der Waals surface area contributed by atoms with Gasteiger partial charge in [-0.05, 0) is 36.6 Å². The van der Waals surface area contributed by atoms with Gasteiger partial charge in [0, 0.05) is 18.0 Å². The summed E-state index contributed by atoms with van der Waals surface area (Å²) in [6.45, 7) is 0.249. The van der Waals surface area contributed by atoms with Crippen LogP contribution in [0.15, 0.2) is 42.5 Å². The summed E-state index contributed by atoms with van der Waals surface area (Å²) in [6, 6.07) is 8.03. The number of benzene rings is 2. The monoisotopic (exact) mass is 365 g/mol. The highest BCUT2D eigenvalue weighted by Crippen LogP contribution is 2.36. The molecule has 7 heteroatoms. The molecule has 1 aliphatic heterocycles. The van der Waals surface area contributed by atoms with Gasteiger partial charge in [-0.1, -0.05) is 24.3 Å². The fourth-order valence-corrected chi connectivity index (χ4v) is 3.63. The molecule has 0 aliphatic carbocycles. The highest BCUT2D eigenvalue weighted by atomic mass is 19.2. The quantitative estimate of drug-likeness (QED) is 0.868. The minimum absolute atomic E-state index is 0.139. The van der Waals surface area contributed by atoms with Gasteiger partial charge in [-0.25, -0.2) is 18.0 Å². The van der Waals surface area contributed by atoms with Crippen molar-refractivity contribution in [1.82, 2.24) is 4.90 Å². The summed E-state index contributed by atoms with van der Waals surface area (Å²) in [6.07, 6.45) is -1.61. The number of halogens is 3. The number of carboxylic acid groups (broad SMARTS) is 1. The molecule has 1 amide bonds. The van der Waals surface area contributed by atoms with Crippen LogP contribution in [0.5, 0.6) is 0 Å². The molecule has 0 aromatic heterocycles. The molecule has 2 aromatic carbocycles. The standard InChI is InChI=1S/C19H18F3NO3/c20-12-5-1-4-11(10-12)16(13-6-2-7-14(21)17(13)22)18(24)15-8-3-9-23(15)19(25)26/h1-2,4-7,10,15-16,18,24H,3,8-9H2,(H,25,26)/t15-,16-,18+/m1/s1. The molecule has 2 aromatic rings. The number of hydrogen-bond donors (Lipinski definition) is 2. The third-order valence-electron chi connectivity index (χ3n) is 4.81. The van der Waals surface area contributed by atoms with Gasteiger partial charge in [0.15, 0.2) is 11.6 Å². The van der Waals surface area contributed by atoms with E-state index in [9.17, 15) is 28.2 Å². The Morgan fingerprint density at radius 1 is 1.15 bits per heavy atom. The molecule has 0 radical (unpaired) electrons. The van der Waals surface area contributed by atoms with E-state index >= 15 is 0 Å². The molecule has 26 heavy (non-hydrogen) atoms. The lowest BCUT2D eigenvalue weighted by Crippen LogP contribution is -2.45. The Morgan fingerprint density at radius 3 is 2.58 bits per heavy atom. The minimum atomic E-state index is -1.35. The molecule has 0 saturated carbocycles. The van der Waals surface area contributed by atoms with Crippen molar-refractivity contribution < 1.29 is 28.2 Å². The normalized spacial score (nSPS) is 19.4. The number of aliphatic hydroxyl groups is 1. The first-order valence-electron chi connectivity index (χ1n) is 8.27. The number of rotatable bonds is 4. The van der Waals surface area contributed by atoms with E-state index in [0.29, 0.717) is 12.8 Å². The van der Waals surface area contributed by atoms with Gasteiger partial charge in [0.25, 0.3) is 0 Å². The molecule has 1 saturated heterocycles. The number of aliphatic hydroxyl groups excluding tert-OH is 1. The van der Waals surface area contributed by atoms with Gasteiger partial charge in [-0.15, -0.1) is 0 Å². The molecular weight excluding hydrogens is 347 g/mol. The average Bonchev–Trinajstić information content (AvgIpc) is 3.09. The predicted molar refractivity (Wildman–Crippen MR) is 88.4 cm³/mol. The summed E-state index contributed by atoms with van der Waals surface area (Å²) in [5.74, 6) is -3.91. The van der Waals surface area contributed by atoms with Crippen molar-refractivity contribution in [3.8, 4) is 0 Å². The molecule has 0 unspecified atom stereocenters. The van der Waals surface area contributed by atoms with Crippen molar-refractivity contribution in [2.45, 2.75) is 30.9 Å². The van der Waals surface area contributed by atoms with Crippen LogP contribution in [-0.4, -0.2) is 39.9 Å². The Hall–Kier alpha value is -2.54. The van der Waals surface area contributed by atoms with Gasteiger partial charge in [-0.3, -0.25) is 0 Å². The van der Waals surface area contributed by atoms with Crippen LogP contribution in [0.25, 0.3) is 0 Å². The molecule has 3 atom stereocenters. The molecule has 2 N–H and O–H groups in total. The van der Waals surface area contributed by atoms with Gasteiger partial charge in [-0.2, -0.15) is 0 Å². The summed E-state index contributed by atoms with van der Waals surface area (Å²) >= 11 is 0. The van der Waals surface area contributed by atoms with E-state index in [1.807, 2.05) is 0 Å². The second-order valence-corrected chi connectivity index (χ2v) is 6.35. The maximum atomic E-state index is 14.4. The maximum absolute atomic E-state index is 14.4. The number of amides is 1. The maximum Gasteiger partial charge on any atom is 0.407 e. The smallest absolute Gasteiger partial charge is 0.407 e. The first-order chi connectivity index (χ1) is 12.4. The van der Waals surface area contributed by atoms with Crippen molar-refractivity contribution in [1.29, 1.82) is 0 Å². The van der Waals surface area contributed by atoms with E-state index in [1.165, 1.54) is 30.3 Å². The van der Waals surface area contributed by atoms with Crippen molar-refractivity contribution in [3.63, 3.8) is 0 Å². The van der Waals surface area contributed by atoms with E-state index in [4.69, 9.17) is 0 Å². The van der Waals surface area contributed by atoms with E-state index in [-0.39, 0.29) is 17.7 Å². The molecule has 3 rings (SSSR count). The lowest BCUT2D eigenvalue weighted by molar-refractivity contribution is 0.0575. The van der Waals surface area contributed by atoms with Crippen molar-refractivity contribution >= 4 is 6.09 Å². The molecule has 1 heterocycles. The van der Waals surface area contributed by atoms with Gasteiger partial charge in [0.2, 0.25) is 0 Å². The largest absolute Gasteiger partial charge is 0.465 e. The average molecular weight is 365 g/mol. The van der Waals surface area contributed by atoms with Crippen LogP contribution in [-0.2, 0) is 0 Å². The molecule has 0 spiro atoms. The fourth-order valence-electron chi connectivity index (χ4n) is 3.63. The van der Waals surface area contributed by atoms with E-state index in [1.54, 1.807) is 0 Å². The Kier molecular flexibility index (Phi) is 5.18. The fraction of sp³-hybridized carbons (Fsp3) is 0.316. The predicted octanol–water partition coefficient (Wildman–Crippen LogP) is 3.74.